The average Bonchev–Trinajstić information content (AvgIpc) is 2.67. The van der Waals surface area contributed by atoms with E-state index in [0.717, 1.165) is 37.9 Å². The quantitative estimate of drug-likeness (QED) is 0.673. The van der Waals surface area contributed by atoms with Gasteiger partial charge in [-0.3, -0.25) is 9.69 Å². The van der Waals surface area contributed by atoms with E-state index in [-0.39, 0.29) is 17.9 Å². The summed E-state index contributed by atoms with van der Waals surface area (Å²) in [5.41, 5.74) is 0.987. The normalized spacial score (nSPS) is 18.7. The molecule has 1 aromatic rings. The van der Waals surface area contributed by atoms with Crippen LogP contribution in [0.4, 0.5) is 0 Å². The second kappa shape index (κ2) is 10.5. The second-order valence-electron chi connectivity index (χ2n) is 6.75. The molecule has 5 heteroatoms. The molecule has 1 saturated heterocycles. The molecule has 1 fully saturated rings. The lowest BCUT2D eigenvalue weighted by Crippen LogP contribution is -2.49. The second-order valence-corrected chi connectivity index (χ2v) is 6.75. The summed E-state index contributed by atoms with van der Waals surface area (Å²) in [6.07, 6.45) is 2.26. The summed E-state index contributed by atoms with van der Waals surface area (Å²) < 4.78 is 5.28. The number of aliphatic hydroxyl groups is 1. The van der Waals surface area contributed by atoms with Crippen LogP contribution in [0.3, 0.4) is 0 Å². The smallest absolute Gasteiger partial charge is 0.237 e. The van der Waals surface area contributed by atoms with E-state index in [4.69, 9.17) is 4.74 Å². The predicted octanol–water partition coefficient (Wildman–Crippen LogP) is 2.36. The van der Waals surface area contributed by atoms with Crippen LogP contribution >= 0.6 is 0 Å². The third kappa shape index (κ3) is 6.10. The van der Waals surface area contributed by atoms with E-state index in [9.17, 15) is 9.90 Å². The Hall–Kier alpha value is -1.43. The van der Waals surface area contributed by atoms with Crippen LogP contribution in [0.5, 0.6) is 0 Å². The molecular weight excluding hydrogens is 316 g/mol. The first-order valence-corrected chi connectivity index (χ1v) is 9.46. The number of aliphatic hydroxyl groups excluding tert-OH is 1. The molecule has 0 bridgehead atoms. The first kappa shape index (κ1) is 19.9. The van der Waals surface area contributed by atoms with Crippen LogP contribution in [0.1, 0.15) is 44.8 Å². The number of rotatable bonds is 9. The number of piperidine rings is 1. The van der Waals surface area contributed by atoms with Crippen LogP contribution in [0.25, 0.3) is 0 Å². The van der Waals surface area contributed by atoms with Gasteiger partial charge in [-0.15, -0.1) is 0 Å². The van der Waals surface area contributed by atoms with Gasteiger partial charge in [0.2, 0.25) is 5.91 Å². The number of ether oxygens (including phenoxy) is 1. The van der Waals surface area contributed by atoms with Gasteiger partial charge in [0.25, 0.3) is 0 Å². The zero-order valence-electron chi connectivity index (χ0n) is 15.5. The summed E-state index contributed by atoms with van der Waals surface area (Å²) in [6, 6.07) is 9.73. The summed E-state index contributed by atoms with van der Waals surface area (Å²) in [5, 5.41) is 13.5. The Labute approximate surface area is 151 Å². The van der Waals surface area contributed by atoms with Crippen LogP contribution in [-0.2, 0) is 9.53 Å². The van der Waals surface area contributed by atoms with Crippen molar-refractivity contribution in [2.24, 2.45) is 5.92 Å². The van der Waals surface area contributed by atoms with E-state index in [1.807, 2.05) is 44.2 Å². The molecule has 0 aliphatic carbocycles. The van der Waals surface area contributed by atoms with Gasteiger partial charge >= 0.3 is 0 Å². The van der Waals surface area contributed by atoms with Crippen LogP contribution in [0, 0.1) is 5.92 Å². The van der Waals surface area contributed by atoms with Gasteiger partial charge in [0, 0.05) is 19.8 Å². The third-order valence-corrected chi connectivity index (χ3v) is 5.06. The zero-order valence-corrected chi connectivity index (χ0v) is 15.5. The lowest BCUT2D eigenvalue weighted by atomic mass is 9.87. The largest absolute Gasteiger partial charge is 0.388 e. The van der Waals surface area contributed by atoms with Crippen LogP contribution < -0.4 is 5.32 Å². The molecule has 1 aliphatic rings. The van der Waals surface area contributed by atoms with Crippen molar-refractivity contribution < 1.29 is 14.6 Å². The van der Waals surface area contributed by atoms with E-state index in [0.29, 0.717) is 19.8 Å². The van der Waals surface area contributed by atoms with Crippen molar-refractivity contribution >= 4 is 5.91 Å². The van der Waals surface area contributed by atoms with Crippen molar-refractivity contribution in [1.29, 1.82) is 0 Å². The molecular formula is C20H32N2O3. The maximum Gasteiger partial charge on any atom is 0.237 e. The average molecular weight is 348 g/mol. The molecule has 1 amide bonds. The first-order valence-electron chi connectivity index (χ1n) is 9.46. The molecule has 2 N–H and O–H groups in total. The Bertz CT molecular complexity index is 501. The molecule has 1 heterocycles. The molecule has 5 nitrogen and oxygen atoms in total. The van der Waals surface area contributed by atoms with Gasteiger partial charge in [-0.1, -0.05) is 30.3 Å². The highest BCUT2D eigenvalue weighted by Gasteiger charge is 2.30. The molecule has 2 rings (SSSR count). The SMILES string of the molecule is CCOCCCNC(=O)C(C)N1CCC(C(O)c2ccccc2)CC1. The number of hydrogen-bond donors (Lipinski definition) is 2. The van der Waals surface area contributed by atoms with Crippen LogP contribution in [0.2, 0.25) is 0 Å². The van der Waals surface area contributed by atoms with Crippen molar-refractivity contribution in [2.45, 2.75) is 45.3 Å². The molecule has 25 heavy (non-hydrogen) atoms. The van der Waals surface area contributed by atoms with Crippen molar-refractivity contribution in [1.82, 2.24) is 10.2 Å². The topological polar surface area (TPSA) is 61.8 Å². The number of nitrogens with one attached hydrogen (secondary N) is 1. The number of carbonyl (C=O) groups is 1. The highest BCUT2D eigenvalue weighted by molar-refractivity contribution is 5.81. The Morgan fingerprint density at radius 3 is 2.64 bits per heavy atom. The van der Waals surface area contributed by atoms with E-state index < -0.39 is 6.10 Å². The van der Waals surface area contributed by atoms with Gasteiger partial charge < -0.3 is 15.2 Å². The molecule has 140 valence electrons. The number of likely N-dealkylation sites (tertiary alicyclic amines) is 1. The summed E-state index contributed by atoms with van der Waals surface area (Å²) in [7, 11) is 0. The minimum atomic E-state index is -0.411. The molecule has 0 radical (unpaired) electrons. The van der Waals surface area contributed by atoms with Gasteiger partial charge in [-0.25, -0.2) is 0 Å². The fourth-order valence-electron chi connectivity index (χ4n) is 3.39. The first-order chi connectivity index (χ1) is 12.1. The maximum absolute atomic E-state index is 12.3. The molecule has 0 aromatic heterocycles. The van der Waals surface area contributed by atoms with E-state index in [1.165, 1.54) is 0 Å². The molecule has 1 aromatic carbocycles. The monoisotopic (exact) mass is 348 g/mol. The highest BCUT2D eigenvalue weighted by Crippen LogP contribution is 2.31. The molecule has 1 aliphatic heterocycles. The van der Waals surface area contributed by atoms with Gasteiger partial charge in [0.15, 0.2) is 0 Å². The van der Waals surface area contributed by atoms with E-state index in [1.54, 1.807) is 0 Å². The maximum atomic E-state index is 12.3. The highest BCUT2D eigenvalue weighted by atomic mass is 16.5. The Balaban J connectivity index is 1.72. The minimum absolute atomic E-state index is 0.0820. The summed E-state index contributed by atoms with van der Waals surface area (Å²) in [5.74, 6) is 0.346. The lowest BCUT2D eigenvalue weighted by Gasteiger charge is -2.37. The van der Waals surface area contributed by atoms with E-state index in [2.05, 4.69) is 10.2 Å². The van der Waals surface area contributed by atoms with Crippen molar-refractivity contribution in [3.8, 4) is 0 Å². The number of hydrogen-bond acceptors (Lipinski definition) is 4. The minimum Gasteiger partial charge on any atom is -0.388 e. The molecule has 2 unspecified atom stereocenters. The molecule has 0 spiro atoms. The Kier molecular flexibility index (Phi) is 8.38. The summed E-state index contributed by atoms with van der Waals surface area (Å²) in [4.78, 5) is 14.5. The zero-order chi connectivity index (χ0) is 18.1. The predicted molar refractivity (Wildman–Crippen MR) is 99.3 cm³/mol. The summed E-state index contributed by atoms with van der Waals surface area (Å²) in [6.45, 7) is 7.70. The van der Waals surface area contributed by atoms with Gasteiger partial charge in [0.1, 0.15) is 0 Å². The molecule has 2 atom stereocenters. The van der Waals surface area contributed by atoms with Crippen molar-refractivity contribution in [3.05, 3.63) is 35.9 Å². The van der Waals surface area contributed by atoms with Crippen LogP contribution in [0.15, 0.2) is 30.3 Å². The number of amides is 1. The van der Waals surface area contributed by atoms with Gasteiger partial charge in [0.05, 0.1) is 12.1 Å². The fourth-order valence-corrected chi connectivity index (χ4v) is 3.39. The van der Waals surface area contributed by atoms with Gasteiger partial charge in [-0.05, 0) is 57.7 Å². The number of benzene rings is 1. The van der Waals surface area contributed by atoms with E-state index >= 15 is 0 Å². The fraction of sp³-hybridized carbons (Fsp3) is 0.650. The molecule has 0 saturated carbocycles. The van der Waals surface area contributed by atoms with Crippen molar-refractivity contribution in [3.63, 3.8) is 0 Å². The Morgan fingerprint density at radius 1 is 1.32 bits per heavy atom. The standard InChI is InChI=1S/C20H32N2O3/c1-3-25-15-7-12-21-20(24)16(2)22-13-10-18(11-14-22)19(23)17-8-5-4-6-9-17/h4-6,8-9,16,18-19,23H,3,7,10-15H2,1-2H3,(H,21,24). The number of nitrogens with zero attached hydrogens (tertiary/aromatic N) is 1. The lowest BCUT2D eigenvalue weighted by molar-refractivity contribution is -0.126. The van der Waals surface area contributed by atoms with Crippen molar-refractivity contribution in [2.75, 3.05) is 32.8 Å². The van der Waals surface area contributed by atoms with Crippen LogP contribution in [-0.4, -0.2) is 54.8 Å². The third-order valence-electron chi connectivity index (χ3n) is 5.06. The number of carbonyl (C=O) groups excluding carboxylic acids is 1. The summed E-state index contributed by atoms with van der Waals surface area (Å²) >= 11 is 0. The Morgan fingerprint density at radius 2 is 2.00 bits per heavy atom. The van der Waals surface area contributed by atoms with Gasteiger partial charge in [-0.2, -0.15) is 0 Å².